The maximum atomic E-state index is 12.2. The van der Waals surface area contributed by atoms with Gasteiger partial charge in [-0.2, -0.15) is 0 Å². The molecular formula is C14H29O2P. The molecule has 102 valence electrons. The first-order chi connectivity index (χ1) is 8.17. The van der Waals surface area contributed by atoms with E-state index in [9.17, 15) is 9.46 Å². The summed E-state index contributed by atoms with van der Waals surface area (Å²) < 4.78 is 12.2. The lowest BCUT2D eigenvalue weighted by molar-refractivity contribution is 0.419. The second-order valence-electron chi connectivity index (χ2n) is 5.54. The average Bonchev–Trinajstić information content (AvgIpc) is 2.35. The highest BCUT2D eigenvalue weighted by atomic mass is 31.2. The van der Waals surface area contributed by atoms with Crippen LogP contribution in [-0.4, -0.2) is 16.7 Å². The molecule has 0 aliphatic heterocycles. The number of hydrogen-bond donors (Lipinski definition) is 1. The van der Waals surface area contributed by atoms with Crippen LogP contribution in [0, 0.1) is 0 Å². The van der Waals surface area contributed by atoms with Crippen LogP contribution in [0.3, 0.4) is 0 Å². The van der Waals surface area contributed by atoms with Gasteiger partial charge in [0, 0.05) is 11.8 Å². The molecule has 0 spiro atoms. The fourth-order valence-corrected chi connectivity index (χ4v) is 5.00. The van der Waals surface area contributed by atoms with E-state index in [-0.39, 0.29) is 5.66 Å². The van der Waals surface area contributed by atoms with Crippen LogP contribution in [0.15, 0.2) is 0 Å². The fraction of sp³-hybridized carbons (Fsp3) is 1.00. The predicted molar refractivity (Wildman–Crippen MR) is 74.9 cm³/mol. The van der Waals surface area contributed by atoms with Crippen molar-refractivity contribution in [2.24, 2.45) is 0 Å². The lowest BCUT2D eigenvalue weighted by Crippen LogP contribution is -2.14. The summed E-state index contributed by atoms with van der Waals surface area (Å²) in [6, 6.07) is 0. The van der Waals surface area contributed by atoms with Crippen LogP contribution >= 0.6 is 7.37 Å². The first kappa shape index (κ1) is 15.2. The molecule has 1 fully saturated rings. The normalized spacial score (nSPS) is 21.3. The third-order valence-corrected chi connectivity index (χ3v) is 6.59. The number of hydrogen-bond acceptors (Lipinski definition) is 1. The Hall–Kier alpha value is 0.190. The summed E-state index contributed by atoms with van der Waals surface area (Å²) in [4.78, 5) is 10.1. The van der Waals surface area contributed by atoms with Gasteiger partial charge in [-0.25, -0.2) is 0 Å². The van der Waals surface area contributed by atoms with Gasteiger partial charge in [-0.3, -0.25) is 4.57 Å². The molecule has 1 rings (SSSR count). The summed E-state index contributed by atoms with van der Waals surface area (Å²) in [6.45, 7) is 2.21. The van der Waals surface area contributed by atoms with E-state index in [2.05, 4.69) is 6.92 Å². The topological polar surface area (TPSA) is 37.3 Å². The largest absolute Gasteiger partial charge is 0.344 e. The van der Waals surface area contributed by atoms with Crippen molar-refractivity contribution in [1.82, 2.24) is 0 Å². The second kappa shape index (κ2) is 8.32. The van der Waals surface area contributed by atoms with Crippen molar-refractivity contribution in [3.63, 3.8) is 0 Å². The minimum atomic E-state index is -2.82. The van der Waals surface area contributed by atoms with Crippen molar-refractivity contribution in [1.29, 1.82) is 0 Å². The van der Waals surface area contributed by atoms with Gasteiger partial charge in [0.2, 0.25) is 7.37 Å². The molecule has 1 atom stereocenters. The van der Waals surface area contributed by atoms with Crippen molar-refractivity contribution in [3.8, 4) is 0 Å². The Kier molecular flexibility index (Phi) is 7.46. The second-order valence-corrected chi connectivity index (χ2v) is 8.23. The van der Waals surface area contributed by atoms with E-state index in [1.165, 1.54) is 32.1 Å². The smallest absolute Gasteiger partial charge is 0.203 e. The van der Waals surface area contributed by atoms with E-state index in [0.717, 1.165) is 38.5 Å². The van der Waals surface area contributed by atoms with Gasteiger partial charge < -0.3 is 4.89 Å². The Labute approximate surface area is 107 Å². The summed E-state index contributed by atoms with van der Waals surface area (Å²) in [7, 11) is -2.82. The van der Waals surface area contributed by atoms with Gasteiger partial charge >= 0.3 is 0 Å². The molecule has 1 aliphatic carbocycles. The molecule has 3 heteroatoms. The molecule has 0 aromatic heterocycles. The van der Waals surface area contributed by atoms with Crippen molar-refractivity contribution in [2.75, 3.05) is 6.16 Å². The maximum Gasteiger partial charge on any atom is 0.203 e. The van der Waals surface area contributed by atoms with Crippen LogP contribution in [0.25, 0.3) is 0 Å². The van der Waals surface area contributed by atoms with Crippen molar-refractivity contribution in [3.05, 3.63) is 0 Å². The molecule has 0 radical (unpaired) electrons. The molecule has 0 amide bonds. The van der Waals surface area contributed by atoms with Crippen LogP contribution in [0.5, 0.6) is 0 Å². The van der Waals surface area contributed by atoms with Gasteiger partial charge in [0.05, 0.1) is 0 Å². The third kappa shape index (κ3) is 6.06. The predicted octanol–water partition coefficient (Wildman–Crippen LogP) is 4.95. The molecule has 1 unspecified atom stereocenters. The Morgan fingerprint density at radius 1 is 1.00 bits per heavy atom. The van der Waals surface area contributed by atoms with E-state index in [0.29, 0.717) is 6.16 Å². The first-order valence-electron chi connectivity index (χ1n) is 7.48. The standard InChI is InChI=1S/C14H29O2P/c1-2-3-4-5-6-10-13-17(15,16)14-11-8-7-9-12-14/h14H,2-13H2,1H3,(H,15,16). The molecule has 1 aliphatic rings. The van der Waals surface area contributed by atoms with Crippen molar-refractivity contribution in [2.45, 2.75) is 83.2 Å². The van der Waals surface area contributed by atoms with Crippen molar-refractivity contribution < 1.29 is 9.46 Å². The van der Waals surface area contributed by atoms with Gasteiger partial charge in [-0.15, -0.1) is 0 Å². The lowest BCUT2D eigenvalue weighted by atomic mass is 10.0. The summed E-state index contributed by atoms with van der Waals surface area (Å²) in [5, 5.41) is 0. The molecule has 1 N–H and O–H groups in total. The van der Waals surface area contributed by atoms with Gasteiger partial charge in [0.1, 0.15) is 0 Å². The average molecular weight is 260 g/mol. The summed E-state index contributed by atoms with van der Waals surface area (Å²) in [5.41, 5.74) is 0.131. The lowest BCUT2D eigenvalue weighted by Gasteiger charge is -2.26. The molecular weight excluding hydrogens is 231 g/mol. The Morgan fingerprint density at radius 3 is 2.24 bits per heavy atom. The third-order valence-electron chi connectivity index (χ3n) is 3.98. The molecule has 0 aromatic rings. The Bertz CT molecular complexity index is 234. The number of rotatable bonds is 8. The van der Waals surface area contributed by atoms with Crippen LogP contribution in [-0.2, 0) is 4.57 Å². The van der Waals surface area contributed by atoms with Crippen LogP contribution in [0.4, 0.5) is 0 Å². The fourth-order valence-electron chi connectivity index (χ4n) is 2.79. The van der Waals surface area contributed by atoms with Crippen LogP contribution in [0.2, 0.25) is 0 Å². The minimum Gasteiger partial charge on any atom is -0.344 e. The molecule has 2 nitrogen and oxygen atoms in total. The van der Waals surface area contributed by atoms with Gasteiger partial charge in [0.15, 0.2) is 0 Å². The highest BCUT2D eigenvalue weighted by Crippen LogP contribution is 2.52. The van der Waals surface area contributed by atoms with E-state index < -0.39 is 7.37 Å². The SMILES string of the molecule is CCCCCCCCP(=O)(O)C1CCCCC1. The van der Waals surface area contributed by atoms with Crippen LogP contribution < -0.4 is 0 Å². The summed E-state index contributed by atoms with van der Waals surface area (Å²) in [6.07, 6.45) is 13.3. The Morgan fingerprint density at radius 2 is 1.59 bits per heavy atom. The summed E-state index contributed by atoms with van der Waals surface area (Å²) in [5.74, 6) is 0. The zero-order chi connectivity index (χ0) is 12.6. The minimum absolute atomic E-state index is 0.131. The molecule has 0 aromatic carbocycles. The highest BCUT2D eigenvalue weighted by molar-refractivity contribution is 7.58. The van der Waals surface area contributed by atoms with Crippen molar-refractivity contribution >= 4 is 7.37 Å². The monoisotopic (exact) mass is 260 g/mol. The van der Waals surface area contributed by atoms with E-state index in [4.69, 9.17) is 0 Å². The van der Waals surface area contributed by atoms with E-state index in [1.54, 1.807) is 0 Å². The zero-order valence-corrected chi connectivity index (χ0v) is 12.3. The van der Waals surface area contributed by atoms with Crippen LogP contribution in [0.1, 0.15) is 77.6 Å². The molecule has 0 saturated heterocycles. The zero-order valence-electron chi connectivity index (χ0n) is 11.4. The molecule has 1 saturated carbocycles. The highest BCUT2D eigenvalue weighted by Gasteiger charge is 2.30. The Balaban J connectivity index is 2.13. The van der Waals surface area contributed by atoms with E-state index >= 15 is 0 Å². The summed E-state index contributed by atoms with van der Waals surface area (Å²) >= 11 is 0. The molecule has 0 bridgehead atoms. The number of unbranched alkanes of at least 4 members (excludes halogenated alkanes) is 5. The first-order valence-corrected chi connectivity index (χ1v) is 9.39. The molecule has 0 heterocycles. The van der Waals surface area contributed by atoms with E-state index in [1.807, 2.05) is 0 Å². The molecule has 17 heavy (non-hydrogen) atoms. The quantitative estimate of drug-likeness (QED) is 0.495. The van der Waals surface area contributed by atoms with Gasteiger partial charge in [-0.1, -0.05) is 58.3 Å². The maximum absolute atomic E-state index is 12.2. The van der Waals surface area contributed by atoms with Gasteiger partial charge in [-0.05, 0) is 19.3 Å². The van der Waals surface area contributed by atoms with Gasteiger partial charge in [0.25, 0.3) is 0 Å².